The second kappa shape index (κ2) is 47.8. The van der Waals surface area contributed by atoms with Gasteiger partial charge in [0.2, 0.25) is 0 Å². The molecule has 14 nitrogen and oxygen atoms in total. The predicted molar refractivity (Wildman–Crippen MR) is 423 cm³/mol. The van der Waals surface area contributed by atoms with Crippen LogP contribution in [0.25, 0.3) is 76.3 Å². The molecule has 0 N–H and O–H groups in total. The smallest absolute Gasteiger partial charge is 0.159 e. The highest BCUT2D eigenvalue weighted by Crippen LogP contribution is 2.18. The molecule has 14 heteroatoms. The molecule has 98 heavy (non-hydrogen) atoms. The zero-order valence-corrected chi connectivity index (χ0v) is 64.4. The van der Waals surface area contributed by atoms with Crippen LogP contribution in [-0.2, 0) is 0 Å². The molecule has 0 aliphatic carbocycles. The maximum atomic E-state index is 4.35. The van der Waals surface area contributed by atoms with Gasteiger partial charge in [-0.3, -0.25) is 29.9 Å². The average molecular weight is 1320 g/mol. The van der Waals surface area contributed by atoms with E-state index in [9.17, 15) is 0 Å². The number of rotatable bonds is 0. The summed E-state index contributed by atoms with van der Waals surface area (Å²) < 4.78 is 0. The fourth-order valence-electron chi connectivity index (χ4n) is 8.71. The summed E-state index contributed by atoms with van der Waals surface area (Å²) in [6, 6.07) is 43.1. The molecule has 0 spiro atoms. The minimum atomic E-state index is 0.825. The van der Waals surface area contributed by atoms with Crippen molar-refractivity contribution in [2.24, 2.45) is 0 Å². The van der Waals surface area contributed by atoms with Gasteiger partial charge in [-0.15, -0.1) is 0 Å². The van der Waals surface area contributed by atoms with E-state index in [1.165, 1.54) is 33.2 Å². The largest absolute Gasteiger partial charge is 0.261 e. The number of benzene rings is 3. The van der Waals surface area contributed by atoms with Crippen LogP contribution < -0.4 is 0 Å². The molecule has 0 unspecified atom stereocenters. The van der Waals surface area contributed by atoms with Crippen molar-refractivity contribution in [2.45, 2.75) is 194 Å². The van der Waals surface area contributed by atoms with Gasteiger partial charge in [0.25, 0.3) is 0 Å². The lowest BCUT2D eigenvalue weighted by Gasteiger charge is -1.98. The topological polar surface area (TPSA) is 180 Å². The Morgan fingerprint density at radius 1 is 0.184 bits per heavy atom. The summed E-state index contributed by atoms with van der Waals surface area (Å²) in [4.78, 5) is 42.5. The summed E-state index contributed by atoms with van der Waals surface area (Å²) in [5, 5.41) is 25.3. The normalized spacial score (nSPS) is 9.43. The van der Waals surface area contributed by atoms with Gasteiger partial charge in [-0.25, -0.2) is 19.9 Å². The van der Waals surface area contributed by atoms with Crippen molar-refractivity contribution in [3.8, 4) is 0 Å². The van der Waals surface area contributed by atoms with Crippen molar-refractivity contribution in [3.63, 3.8) is 0 Å². The Morgan fingerprint density at radius 2 is 0.561 bits per heavy atom. The molecule has 3 aromatic carbocycles. The molecule has 0 radical (unpaired) electrons. The summed E-state index contributed by atoms with van der Waals surface area (Å²) in [5.74, 6) is 0.825. The molecule has 0 aliphatic rings. The van der Waals surface area contributed by atoms with Crippen LogP contribution in [-0.4, -0.2) is 70.2 Å². The maximum absolute atomic E-state index is 4.35. The van der Waals surface area contributed by atoms with E-state index in [4.69, 9.17) is 0 Å². The van der Waals surface area contributed by atoms with E-state index in [2.05, 4.69) is 152 Å². The zero-order valence-electron chi connectivity index (χ0n) is 64.4. The van der Waals surface area contributed by atoms with Gasteiger partial charge in [0.05, 0.1) is 45.2 Å². The highest BCUT2D eigenvalue weighted by molar-refractivity contribution is 5.83. The molecular weight excluding hydrogens is 1210 g/mol. The van der Waals surface area contributed by atoms with Gasteiger partial charge in [-0.1, -0.05) is 138 Å². The van der Waals surface area contributed by atoms with Crippen molar-refractivity contribution in [2.75, 3.05) is 0 Å². The Labute approximate surface area is 587 Å². The molecule has 14 rings (SSSR count). The third-order valence-corrected chi connectivity index (χ3v) is 13.0. The number of fused-ring (bicyclic) bond motifs is 7. The van der Waals surface area contributed by atoms with E-state index in [0.29, 0.717) is 0 Å². The first-order chi connectivity index (χ1) is 47.3. The van der Waals surface area contributed by atoms with Crippen molar-refractivity contribution >= 4 is 76.3 Å². The van der Waals surface area contributed by atoms with Crippen LogP contribution in [0.15, 0.2) is 171 Å². The van der Waals surface area contributed by atoms with Gasteiger partial charge in [-0.2, -0.15) is 20.4 Å². The van der Waals surface area contributed by atoms with Crippen molar-refractivity contribution in [1.29, 1.82) is 0 Å². The molecule has 11 heterocycles. The molecule has 0 saturated carbocycles. The summed E-state index contributed by atoms with van der Waals surface area (Å²) in [7, 11) is 0. The lowest BCUT2D eigenvalue weighted by Crippen LogP contribution is -1.87. The number of nitrogens with zero attached hydrogens (tertiary/aromatic N) is 14. The lowest BCUT2D eigenvalue weighted by molar-refractivity contribution is 1.02. The molecule has 14 aromatic rings. The van der Waals surface area contributed by atoms with Gasteiger partial charge in [0.15, 0.2) is 5.65 Å². The molecule has 11 aromatic heterocycles. The Morgan fingerprint density at radius 3 is 1.14 bits per heavy atom. The monoisotopic (exact) mass is 1320 g/mol. The van der Waals surface area contributed by atoms with Crippen LogP contribution in [0.4, 0.5) is 0 Å². The number of pyridine rings is 8. The second-order valence-corrected chi connectivity index (χ2v) is 21.1. The number of aryl methyl sites for hydroxylation is 14. The lowest BCUT2D eigenvalue weighted by atomic mass is 10.1. The van der Waals surface area contributed by atoms with E-state index in [1.54, 1.807) is 0 Å². The highest BCUT2D eigenvalue weighted by atomic mass is 15.1. The van der Waals surface area contributed by atoms with E-state index in [0.717, 1.165) is 122 Å². The van der Waals surface area contributed by atoms with E-state index < -0.39 is 0 Å². The van der Waals surface area contributed by atoms with Crippen LogP contribution in [0.5, 0.6) is 0 Å². The zero-order chi connectivity index (χ0) is 73.9. The molecule has 0 atom stereocenters. The molecule has 0 aliphatic heterocycles. The van der Waals surface area contributed by atoms with Gasteiger partial charge in [0.1, 0.15) is 5.82 Å². The van der Waals surface area contributed by atoms with Gasteiger partial charge in [-0.05, 0) is 211 Å². The first-order valence-corrected chi connectivity index (χ1v) is 34.7. The molecule has 0 amide bonds. The SMILES string of the molecule is CC.CC.CC.CC.CC.CC.CC.Cc1cc2ccc(C)nc2cn1.Cc1cc2cnc(C)cc2cn1.Cc1ccc2cc(C)nnc2c1.Cc1ccc2nc(C)ncc2c1.Cc1ccc2nnc(C)cc2c1.Cc1cnc2cc(C)ncc2c1.Cc1cnc2nc(C)ccc2c1. The Balaban J connectivity index is 0.000000554. The Bertz CT molecular complexity index is 3660. The van der Waals surface area contributed by atoms with Crippen molar-refractivity contribution in [1.82, 2.24) is 70.2 Å². The molecule has 0 saturated heterocycles. The van der Waals surface area contributed by atoms with Crippen LogP contribution in [0.3, 0.4) is 0 Å². The number of aromatic nitrogens is 14. The standard InChI is InChI=1S/7C10H10N2.7C2H6/c1-7-3-9-6-12-8(2)4-10(9)5-11-7;1-7-3-9-6-11-8(2)4-10(9)12-5-7;1-7-5-9-4-3-8(2)12-10(9)11-6-7;1-7-3-4-9-5-8(2)11-6-10(9)12-7;1-7-3-4-10-9(5-7)6-11-8(2)12-10;1-7-3-4-10-9(5-7)6-8(2)11-12-10;1-7-3-4-9-6-8(2)11-12-10(9)5-7;7*1-2/h7*3-6H,1-2H3;7*1-2H3. The summed E-state index contributed by atoms with van der Waals surface area (Å²) in [6.07, 6.45) is 13.0. The fourth-order valence-corrected chi connectivity index (χ4v) is 8.71. The summed E-state index contributed by atoms with van der Waals surface area (Å²) in [5.41, 5.74) is 20.0. The molecular formula is C84H112N14. The summed E-state index contributed by atoms with van der Waals surface area (Å²) in [6.45, 7) is 56.0. The maximum Gasteiger partial charge on any atom is 0.159 e. The first kappa shape index (κ1) is 85.9. The van der Waals surface area contributed by atoms with E-state index in [-0.39, 0.29) is 0 Å². The van der Waals surface area contributed by atoms with Crippen LogP contribution in [0.1, 0.15) is 176 Å². The van der Waals surface area contributed by atoms with Gasteiger partial charge < -0.3 is 0 Å². The predicted octanol–water partition coefficient (Wildman–Crippen LogP) is 22.9. The second-order valence-electron chi connectivity index (χ2n) is 21.1. The molecule has 0 fully saturated rings. The fraction of sp³-hybridized carbons (Fsp3) is 0.333. The van der Waals surface area contributed by atoms with Crippen LogP contribution >= 0.6 is 0 Å². The van der Waals surface area contributed by atoms with E-state index in [1.807, 2.05) is 283 Å². The minimum Gasteiger partial charge on any atom is -0.261 e. The number of hydrogen-bond acceptors (Lipinski definition) is 14. The van der Waals surface area contributed by atoms with Gasteiger partial charge >= 0.3 is 0 Å². The molecule has 0 bridgehead atoms. The van der Waals surface area contributed by atoms with E-state index >= 15 is 0 Å². The molecule has 518 valence electrons. The highest BCUT2D eigenvalue weighted by Gasteiger charge is 2.01. The Kier molecular flexibility index (Phi) is 41.9. The van der Waals surface area contributed by atoms with Crippen LogP contribution in [0, 0.1) is 96.9 Å². The van der Waals surface area contributed by atoms with Crippen molar-refractivity contribution < 1.29 is 0 Å². The third kappa shape index (κ3) is 29.9. The average Bonchev–Trinajstić information content (AvgIpc) is 1.15. The number of hydrogen-bond donors (Lipinski definition) is 0. The minimum absolute atomic E-state index is 0.825. The van der Waals surface area contributed by atoms with Crippen molar-refractivity contribution in [3.05, 3.63) is 250 Å². The summed E-state index contributed by atoms with van der Waals surface area (Å²) >= 11 is 0. The third-order valence-electron chi connectivity index (χ3n) is 13.0. The quantitative estimate of drug-likeness (QED) is 0.140. The van der Waals surface area contributed by atoms with Gasteiger partial charge in [0, 0.05) is 114 Å². The first-order valence-electron chi connectivity index (χ1n) is 34.7. The Hall–Kier alpha value is -10.1. The van der Waals surface area contributed by atoms with Crippen LogP contribution in [0.2, 0.25) is 0 Å².